The largest absolute Gasteiger partial charge is 0.354 e. The molecule has 0 atom stereocenters. The number of anilines is 2. The van der Waals surface area contributed by atoms with Gasteiger partial charge in [0.25, 0.3) is 0 Å². The summed E-state index contributed by atoms with van der Waals surface area (Å²) in [6, 6.07) is 13.3. The lowest BCUT2D eigenvalue weighted by atomic mass is 10.0. The van der Waals surface area contributed by atoms with Gasteiger partial charge in [-0.1, -0.05) is 37.7 Å². The van der Waals surface area contributed by atoms with Crippen molar-refractivity contribution >= 4 is 23.1 Å². The molecule has 0 saturated heterocycles. The molecule has 18 heavy (non-hydrogen) atoms. The van der Waals surface area contributed by atoms with Crippen molar-refractivity contribution in [2.45, 2.75) is 36.5 Å². The molecule has 0 aliphatic carbocycles. The van der Waals surface area contributed by atoms with Gasteiger partial charge in [0.1, 0.15) is 0 Å². The van der Waals surface area contributed by atoms with Crippen molar-refractivity contribution < 1.29 is 0 Å². The van der Waals surface area contributed by atoms with Gasteiger partial charge in [-0.25, -0.2) is 0 Å². The number of benzene rings is 2. The minimum absolute atomic E-state index is 0.571. The lowest BCUT2D eigenvalue weighted by Gasteiger charge is -2.22. The van der Waals surface area contributed by atoms with Crippen molar-refractivity contribution in [3.63, 3.8) is 0 Å². The van der Waals surface area contributed by atoms with Crippen LogP contribution in [0.4, 0.5) is 11.4 Å². The number of rotatable bonds is 1. The lowest BCUT2D eigenvalue weighted by molar-refractivity contribution is 0.865. The van der Waals surface area contributed by atoms with Gasteiger partial charge in [0.2, 0.25) is 0 Å². The van der Waals surface area contributed by atoms with Gasteiger partial charge in [-0.15, -0.1) is 0 Å². The maximum absolute atomic E-state index is 3.54. The van der Waals surface area contributed by atoms with E-state index in [0.717, 1.165) is 0 Å². The minimum atomic E-state index is 0.571. The smallest absolute Gasteiger partial charge is 0.0529 e. The third kappa shape index (κ3) is 2.01. The van der Waals surface area contributed by atoms with E-state index in [1.165, 1.54) is 32.3 Å². The molecule has 2 aromatic rings. The third-order valence-electron chi connectivity index (χ3n) is 3.30. The van der Waals surface area contributed by atoms with Gasteiger partial charge >= 0.3 is 0 Å². The van der Waals surface area contributed by atoms with E-state index < -0.39 is 0 Å². The highest BCUT2D eigenvalue weighted by Gasteiger charge is 2.16. The van der Waals surface area contributed by atoms with E-state index in [-0.39, 0.29) is 0 Å². The Morgan fingerprint density at radius 2 is 1.78 bits per heavy atom. The Bertz CT molecular complexity index is 602. The van der Waals surface area contributed by atoms with Gasteiger partial charge in [0.05, 0.1) is 11.4 Å². The first-order valence-electron chi connectivity index (χ1n) is 6.33. The Hall–Kier alpha value is -1.41. The number of fused-ring (bicyclic) bond motifs is 2. The van der Waals surface area contributed by atoms with Crippen LogP contribution in [0.25, 0.3) is 0 Å². The summed E-state index contributed by atoms with van der Waals surface area (Å²) in [5.74, 6) is 0.571. The molecule has 3 rings (SSSR count). The first-order chi connectivity index (χ1) is 8.63. The number of nitrogens with one attached hydrogen (secondary N) is 1. The molecule has 0 fully saturated rings. The van der Waals surface area contributed by atoms with Crippen LogP contribution in [0.5, 0.6) is 0 Å². The van der Waals surface area contributed by atoms with Crippen molar-refractivity contribution in [3.05, 3.63) is 47.5 Å². The van der Waals surface area contributed by atoms with Crippen LogP contribution in [0.2, 0.25) is 0 Å². The van der Waals surface area contributed by atoms with Crippen LogP contribution in [0.15, 0.2) is 46.2 Å². The van der Waals surface area contributed by atoms with E-state index in [0.29, 0.717) is 5.92 Å². The Kier molecular flexibility index (Phi) is 2.83. The van der Waals surface area contributed by atoms with Crippen molar-refractivity contribution in [1.82, 2.24) is 0 Å². The van der Waals surface area contributed by atoms with Gasteiger partial charge in [0, 0.05) is 9.79 Å². The summed E-state index contributed by atoms with van der Waals surface area (Å²) in [5.41, 5.74) is 5.16. The quantitative estimate of drug-likeness (QED) is 0.631. The van der Waals surface area contributed by atoms with Crippen molar-refractivity contribution in [3.8, 4) is 0 Å². The van der Waals surface area contributed by atoms with Crippen LogP contribution in [-0.4, -0.2) is 0 Å². The number of aryl methyl sites for hydroxylation is 1. The summed E-state index contributed by atoms with van der Waals surface area (Å²) in [7, 11) is 0. The topological polar surface area (TPSA) is 12.0 Å². The third-order valence-corrected chi connectivity index (χ3v) is 4.43. The predicted molar refractivity (Wildman–Crippen MR) is 79.1 cm³/mol. The molecule has 1 nitrogen and oxygen atoms in total. The van der Waals surface area contributed by atoms with Crippen molar-refractivity contribution in [1.29, 1.82) is 0 Å². The second kappa shape index (κ2) is 4.36. The number of hydrogen-bond donors (Lipinski definition) is 1. The lowest BCUT2D eigenvalue weighted by Crippen LogP contribution is -2.01. The second-order valence-corrected chi connectivity index (χ2v) is 6.22. The van der Waals surface area contributed by atoms with Crippen LogP contribution >= 0.6 is 11.8 Å². The van der Waals surface area contributed by atoms with E-state index in [1.54, 1.807) is 0 Å². The summed E-state index contributed by atoms with van der Waals surface area (Å²) in [5, 5.41) is 3.54. The maximum atomic E-state index is 3.54. The fraction of sp³-hybridized carbons (Fsp3) is 0.250. The molecule has 0 bridgehead atoms. The van der Waals surface area contributed by atoms with Crippen LogP contribution in [0.1, 0.15) is 30.9 Å². The zero-order valence-corrected chi connectivity index (χ0v) is 11.8. The Morgan fingerprint density at radius 1 is 0.944 bits per heavy atom. The second-order valence-electron chi connectivity index (χ2n) is 5.14. The highest BCUT2D eigenvalue weighted by atomic mass is 32.2. The van der Waals surface area contributed by atoms with Gasteiger partial charge in [-0.3, -0.25) is 0 Å². The van der Waals surface area contributed by atoms with Gasteiger partial charge in [-0.2, -0.15) is 0 Å². The molecular weight excluding hydrogens is 238 g/mol. The molecule has 2 aromatic carbocycles. The molecule has 0 aromatic heterocycles. The van der Waals surface area contributed by atoms with E-state index in [1.807, 2.05) is 11.8 Å². The highest BCUT2D eigenvalue weighted by molar-refractivity contribution is 7.99. The van der Waals surface area contributed by atoms with Gasteiger partial charge in [-0.05, 0) is 48.2 Å². The summed E-state index contributed by atoms with van der Waals surface area (Å²) in [6.45, 7) is 6.60. The average molecular weight is 255 g/mol. The Labute approximate surface area is 113 Å². The molecule has 1 aliphatic heterocycles. The first kappa shape index (κ1) is 11.7. The molecule has 1 heterocycles. The standard InChI is InChI=1S/C16H17NS/c1-10(2)12-5-7-15-14(9-12)17-13-6-4-11(3)8-16(13)18-15/h4-10,17H,1-3H3. The molecule has 1 N–H and O–H groups in total. The fourth-order valence-electron chi connectivity index (χ4n) is 2.17. The molecule has 0 radical (unpaired) electrons. The van der Waals surface area contributed by atoms with Crippen molar-refractivity contribution in [2.24, 2.45) is 0 Å². The van der Waals surface area contributed by atoms with E-state index in [9.17, 15) is 0 Å². The molecule has 0 unspecified atom stereocenters. The molecule has 2 heteroatoms. The zero-order valence-electron chi connectivity index (χ0n) is 10.9. The maximum Gasteiger partial charge on any atom is 0.0529 e. The molecule has 0 spiro atoms. The first-order valence-corrected chi connectivity index (χ1v) is 7.14. The molecule has 1 aliphatic rings. The van der Waals surface area contributed by atoms with E-state index in [4.69, 9.17) is 0 Å². The van der Waals surface area contributed by atoms with Crippen molar-refractivity contribution in [2.75, 3.05) is 5.32 Å². The SMILES string of the molecule is Cc1ccc2c(c1)Sc1ccc(C(C)C)cc1N2. The van der Waals surface area contributed by atoms with Gasteiger partial charge < -0.3 is 5.32 Å². The molecule has 92 valence electrons. The summed E-state index contributed by atoms with van der Waals surface area (Å²) < 4.78 is 0. The van der Waals surface area contributed by atoms with Crippen LogP contribution in [-0.2, 0) is 0 Å². The summed E-state index contributed by atoms with van der Waals surface area (Å²) in [6.07, 6.45) is 0. The number of hydrogen-bond acceptors (Lipinski definition) is 2. The van der Waals surface area contributed by atoms with E-state index >= 15 is 0 Å². The van der Waals surface area contributed by atoms with E-state index in [2.05, 4.69) is 62.5 Å². The minimum Gasteiger partial charge on any atom is -0.354 e. The Balaban J connectivity index is 2.02. The van der Waals surface area contributed by atoms with Gasteiger partial charge in [0.15, 0.2) is 0 Å². The average Bonchev–Trinajstić information content (AvgIpc) is 2.35. The predicted octanol–water partition coefficient (Wildman–Crippen LogP) is 5.33. The Morgan fingerprint density at radius 3 is 2.56 bits per heavy atom. The normalized spacial score (nSPS) is 12.9. The summed E-state index contributed by atoms with van der Waals surface area (Å²) >= 11 is 1.85. The highest BCUT2D eigenvalue weighted by Crippen LogP contribution is 2.45. The monoisotopic (exact) mass is 255 g/mol. The van der Waals surface area contributed by atoms with Crippen LogP contribution in [0, 0.1) is 6.92 Å². The molecule has 0 amide bonds. The summed E-state index contributed by atoms with van der Waals surface area (Å²) in [4.78, 5) is 2.64. The fourth-order valence-corrected chi connectivity index (χ4v) is 3.24. The zero-order chi connectivity index (χ0) is 12.7. The molecular formula is C16H17NS. The van der Waals surface area contributed by atoms with Crippen LogP contribution < -0.4 is 5.32 Å². The molecule has 0 saturated carbocycles. The van der Waals surface area contributed by atoms with Crippen LogP contribution in [0.3, 0.4) is 0 Å².